The maximum Gasteiger partial charge on any atom is 0.418 e. The topological polar surface area (TPSA) is 81.1 Å². The number of anilines is 1. The number of hydrogen-bond donors (Lipinski definition) is 0. The summed E-state index contributed by atoms with van der Waals surface area (Å²) in [5.41, 5.74) is 1.48. The number of carbonyl (C=O) groups excluding carboxylic acids is 3. The lowest BCUT2D eigenvalue weighted by atomic mass is 10.1. The Bertz CT molecular complexity index is 1210. The summed E-state index contributed by atoms with van der Waals surface area (Å²) >= 11 is 0. The van der Waals surface area contributed by atoms with Crippen LogP contribution in [-0.4, -0.2) is 46.8 Å². The molecule has 172 valence electrons. The average Bonchev–Trinajstić information content (AvgIpc) is 3.21. The van der Waals surface area contributed by atoms with Crippen molar-refractivity contribution in [3.05, 3.63) is 60.3 Å². The zero-order chi connectivity index (χ0) is 23.8. The number of benzene rings is 2. The van der Waals surface area contributed by atoms with Gasteiger partial charge in [-0.1, -0.05) is 18.2 Å². The highest BCUT2D eigenvalue weighted by molar-refractivity contribution is 6.10. The second-order valence-electron chi connectivity index (χ2n) is 8.89. The summed E-state index contributed by atoms with van der Waals surface area (Å²) < 4.78 is 12.1. The van der Waals surface area contributed by atoms with Gasteiger partial charge in [-0.25, -0.2) is 9.59 Å². The molecule has 1 fully saturated rings. The van der Waals surface area contributed by atoms with Crippen molar-refractivity contribution in [2.75, 3.05) is 18.6 Å². The van der Waals surface area contributed by atoms with Crippen LogP contribution < -0.4 is 9.64 Å². The lowest BCUT2D eigenvalue weighted by molar-refractivity contribution is -0.129. The minimum atomic E-state index is -0.629. The van der Waals surface area contributed by atoms with E-state index < -0.39 is 11.7 Å². The maximum absolute atomic E-state index is 13.3. The molecule has 0 aliphatic carbocycles. The summed E-state index contributed by atoms with van der Waals surface area (Å²) in [6.45, 7) is 5.87. The molecule has 2 aromatic carbocycles. The zero-order valence-corrected chi connectivity index (χ0v) is 19.2. The minimum Gasteiger partial charge on any atom is -0.497 e. The molecule has 8 heteroatoms. The molecule has 1 saturated heterocycles. The third kappa shape index (κ3) is 4.55. The van der Waals surface area contributed by atoms with Gasteiger partial charge in [-0.05, 0) is 56.7 Å². The fourth-order valence-corrected chi connectivity index (χ4v) is 3.84. The van der Waals surface area contributed by atoms with Crippen molar-refractivity contribution in [1.82, 2.24) is 9.47 Å². The van der Waals surface area contributed by atoms with Gasteiger partial charge in [-0.3, -0.25) is 19.2 Å². The quantitative estimate of drug-likeness (QED) is 0.572. The largest absolute Gasteiger partial charge is 0.497 e. The Kier molecular flexibility index (Phi) is 5.84. The van der Waals surface area contributed by atoms with Crippen molar-refractivity contribution in [2.24, 2.45) is 0 Å². The molecule has 1 aliphatic heterocycles. The van der Waals surface area contributed by atoms with E-state index in [-0.39, 0.29) is 31.4 Å². The lowest BCUT2D eigenvalue weighted by Crippen LogP contribution is -2.52. The fraction of sp³-hybridized carbons (Fsp3) is 0.320. The number of rotatable bonds is 4. The van der Waals surface area contributed by atoms with Crippen molar-refractivity contribution < 1.29 is 23.9 Å². The molecule has 8 nitrogen and oxygen atoms in total. The van der Waals surface area contributed by atoms with E-state index in [9.17, 15) is 14.4 Å². The van der Waals surface area contributed by atoms with Gasteiger partial charge in [0, 0.05) is 24.5 Å². The molecule has 3 aromatic rings. The van der Waals surface area contributed by atoms with Crippen LogP contribution in [-0.2, 0) is 16.1 Å². The first kappa shape index (κ1) is 22.4. The highest BCUT2D eigenvalue weighted by atomic mass is 16.6. The molecule has 3 amide bonds. The van der Waals surface area contributed by atoms with E-state index in [1.807, 2.05) is 39.0 Å². The van der Waals surface area contributed by atoms with Crippen molar-refractivity contribution in [2.45, 2.75) is 39.3 Å². The Morgan fingerprint density at radius 1 is 1.03 bits per heavy atom. The molecule has 0 unspecified atom stereocenters. The molecule has 33 heavy (non-hydrogen) atoms. The van der Waals surface area contributed by atoms with Crippen molar-refractivity contribution in [1.29, 1.82) is 0 Å². The molecule has 0 atom stereocenters. The number of carbonyl (C=O) groups is 3. The molecule has 1 aliphatic rings. The molecule has 0 radical (unpaired) electrons. The van der Waals surface area contributed by atoms with Crippen molar-refractivity contribution in [3.8, 4) is 5.75 Å². The van der Waals surface area contributed by atoms with Gasteiger partial charge in [0.15, 0.2) is 0 Å². The predicted molar refractivity (Wildman–Crippen MR) is 124 cm³/mol. The van der Waals surface area contributed by atoms with Crippen LogP contribution in [0.4, 0.5) is 15.3 Å². The Hall–Kier alpha value is -3.81. The summed E-state index contributed by atoms with van der Waals surface area (Å²) in [6, 6.07) is 14.1. The fourth-order valence-electron chi connectivity index (χ4n) is 3.84. The van der Waals surface area contributed by atoms with E-state index in [0.717, 1.165) is 10.9 Å². The van der Waals surface area contributed by atoms with Crippen molar-refractivity contribution in [3.63, 3.8) is 0 Å². The van der Waals surface area contributed by atoms with Crippen molar-refractivity contribution >= 4 is 34.6 Å². The van der Waals surface area contributed by atoms with Crippen LogP contribution in [0.5, 0.6) is 5.75 Å². The number of amides is 3. The first-order chi connectivity index (χ1) is 15.7. The minimum absolute atomic E-state index is 0.174. The number of hydrogen-bond acceptors (Lipinski definition) is 5. The first-order valence-corrected chi connectivity index (χ1v) is 10.8. The van der Waals surface area contributed by atoms with Gasteiger partial charge >= 0.3 is 12.1 Å². The molecule has 0 bridgehead atoms. The van der Waals surface area contributed by atoms with E-state index >= 15 is 0 Å². The zero-order valence-electron chi connectivity index (χ0n) is 19.2. The van der Waals surface area contributed by atoms with Crippen LogP contribution in [0.2, 0.25) is 0 Å². The first-order valence-electron chi connectivity index (χ1n) is 10.8. The SMILES string of the molecule is COc1ccc(CN2C(=O)CCN(c3cccc4c3ccn4C(=O)OC(C)(C)C)C2=O)cc1. The second-order valence-corrected chi connectivity index (χ2v) is 8.89. The molecule has 0 saturated carbocycles. The summed E-state index contributed by atoms with van der Waals surface area (Å²) in [5.74, 6) is 0.489. The molecular weight excluding hydrogens is 422 g/mol. The van der Waals surface area contributed by atoms with Crippen LogP contribution in [0.3, 0.4) is 0 Å². The van der Waals surface area contributed by atoms with Gasteiger partial charge in [-0.15, -0.1) is 0 Å². The van der Waals surface area contributed by atoms with E-state index in [1.54, 1.807) is 48.5 Å². The van der Waals surface area contributed by atoms with Gasteiger partial charge in [0.2, 0.25) is 5.91 Å². The predicted octanol–water partition coefficient (Wildman–Crippen LogP) is 4.79. The third-order valence-electron chi connectivity index (χ3n) is 5.40. The Morgan fingerprint density at radius 3 is 2.42 bits per heavy atom. The van der Waals surface area contributed by atoms with E-state index in [2.05, 4.69) is 0 Å². The third-order valence-corrected chi connectivity index (χ3v) is 5.40. The highest BCUT2D eigenvalue weighted by Gasteiger charge is 2.34. The summed E-state index contributed by atoms with van der Waals surface area (Å²) in [5, 5.41) is 0.732. The van der Waals surface area contributed by atoms with Crippen LogP contribution in [0.15, 0.2) is 54.7 Å². The van der Waals surface area contributed by atoms with Crippen LogP contribution in [0.25, 0.3) is 10.9 Å². The second kappa shape index (κ2) is 8.61. The van der Waals surface area contributed by atoms with Crippen LogP contribution >= 0.6 is 0 Å². The monoisotopic (exact) mass is 449 g/mol. The number of urea groups is 1. The van der Waals surface area contributed by atoms with Gasteiger partial charge in [0.1, 0.15) is 11.4 Å². The summed E-state index contributed by atoms with van der Waals surface area (Å²) in [4.78, 5) is 41.4. The lowest BCUT2D eigenvalue weighted by Gasteiger charge is -2.34. The molecule has 1 aromatic heterocycles. The number of aromatic nitrogens is 1. The standard InChI is InChI=1S/C25H27N3O5/c1-25(2,3)33-24(31)27-14-12-19-20(6-5-7-21(19)27)26-15-13-22(29)28(23(26)30)16-17-8-10-18(32-4)11-9-17/h5-12,14H,13,15-16H2,1-4H3. The van der Waals surface area contributed by atoms with Gasteiger partial charge in [0.05, 0.1) is 24.9 Å². The molecule has 2 heterocycles. The highest BCUT2D eigenvalue weighted by Crippen LogP contribution is 2.31. The Morgan fingerprint density at radius 2 is 1.76 bits per heavy atom. The normalized spacial score (nSPS) is 14.7. The van der Waals surface area contributed by atoms with E-state index in [4.69, 9.17) is 9.47 Å². The van der Waals surface area contributed by atoms with Crippen LogP contribution in [0, 0.1) is 0 Å². The van der Waals surface area contributed by atoms with Gasteiger partial charge < -0.3 is 9.47 Å². The molecule has 4 rings (SSSR count). The molecule has 0 N–H and O–H groups in total. The summed E-state index contributed by atoms with van der Waals surface area (Å²) in [6.07, 6.45) is 1.36. The number of nitrogens with zero attached hydrogens (tertiary/aromatic N) is 3. The Labute approximate surface area is 192 Å². The van der Waals surface area contributed by atoms with Gasteiger partial charge in [0.25, 0.3) is 0 Å². The number of fused-ring (bicyclic) bond motifs is 1. The average molecular weight is 450 g/mol. The van der Waals surface area contributed by atoms with E-state index in [1.165, 1.54) is 9.47 Å². The number of imide groups is 1. The number of methoxy groups -OCH3 is 1. The molecular formula is C25H27N3O5. The smallest absolute Gasteiger partial charge is 0.418 e. The van der Waals surface area contributed by atoms with Gasteiger partial charge in [-0.2, -0.15) is 0 Å². The summed E-state index contributed by atoms with van der Waals surface area (Å²) in [7, 11) is 1.58. The maximum atomic E-state index is 13.3. The Balaban J connectivity index is 1.63. The van der Waals surface area contributed by atoms with Crippen LogP contribution in [0.1, 0.15) is 32.8 Å². The molecule has 0 spiro atoms. The number of ether oxygens (including phenoxy) is 2. The van der Waals surface area contributed by atoms with E-state index in [0.29, 0.717) is 17.0 Å².